The van der Waals surface area contributed by atoms with Crippen molar-refractivity contribution in [3.63, 3.8) is 0 Å². The summed E-state index contributed by atoms with van der Waals surface area (Å²) in [5, 5.41) is 0. The van der Waals surface area contributed by atoms with E-state index >= 15 is 0 Å². The van der Waals surface area contributed by atoms with Gasteiger partial charge in [-0.05, 0) is 36.4 Å². The molecule has 0 aliphatic rings. The van der Waals surface area contributed by atoms with Gasteiger partial charge in [-0.2, -0.15) is 0 Å². The number of aldehydes is 1. The predicted octanol–water partition coefficient (Wildman–Crippen LogP) is 2.48. The molecule has 0 bridgehead atoms. The van der Waals surface area contributed by atoms with Crippen molar-refractivity contribution in [2.45, 2.75) is 9.79 Å². The first-order chi connectivity index (χ1) is 9.50. The Bertz CT molecular complexity index is 736. The Morgan fingerprint density at radius 3 is 2.30 bits per heavy atom. The Balaban J connectivity index is 2.60. The van der Waals surface area contributed by atoms with Crippen molar-refractivity contribution >= 4 is 16.1 Å². The van der Waals surface area contributed by atoms with Crippen molar-refractivity contribution in [1.82, 2.24) is 0 Å². The maximum absolute atomic E-state index is 13.5. The van der Waals surface area contributed by atoms with Crippen LogP contribution in [0.1, 0.15) is 10.4 Å². The second-order valence-corrected chi connectivity index (χ2v) is 5.87. The zero-order valence-electron chi connectivity index (χ0n) is 10.5. The average molecular weight is 294 g/mol. The largest absolute Gasteiger partial charge is 0.497 e. The second kappa shape index (κ2) is 5.42. The fourth-order valence-corrected chi connectivity index (χ4v) is 3.19. The summed E-state index contributed by atoms with van der Waals surface area (Å²) in [5.41, 5.74) is -0.469. The van der Waals surface area contributed by atoms with Crippen LogP contribution in [0, 0.1) is 5.82 Å². The number of carbonyl (C=O) groups is 1. The van der Waals surface area contributed by atoms with Crippen LogP contribution in [0.3, 0.4) is 0 Å². The summed E-state index contributed by atoms with van der Waals surface area (Å²) in [7, 11) is -2.50. The molecule has 0 radical (unpaired) electrons. The molecule has 4 nitrogen and oxygen atoms in total. The van der Waals surface area contributed by atoms with Crippen LogP contribution < -0.4 is 4.74 Å². The maximum Gasteiger partial charge on any atom is 0.207 e. The first-order valence-electron chi connectivity index (χ1n) is 5.63. The highest BCUT2D eigenvalue weighted by atomic mass is 32.2. The Kier molecular flexibility index (Phi) is 3.85. The van der Waals surface area contributed by atoms with E-state index in [0.29, 0.717) is 5.75 Å². The second-order valence-electron chi connectivity index (χ2n) is 3.95. The van der Waals surface area contributed by atoms with Crippen LogP contribution in [0.25, 0.3) is 0 Å². The number of hydrogen-bond donors (Lipinski definition) is 0. The summed E-state index contributed by atoms with van der Waals surface area (Å²) in [4.78, 5) is 10.5. The molecule has 0 atom stereocenters. The first kappa shape index (κ1) is 14.2. The van der Waals surface area contributed by atoms with Crippen LogP contribution in [-0.2, 0) is 9.84 Å². The molecule has 0 heterocycles. The molecule has 0 amide bonds. The smallest absolute Gasteiger partial charge is 0.207 e. The molecular formula is C14H11FO4S. The van der Waals surface area contributed by atoms with Gasteiger partial charge < -0.3 is 4.74 Å². The lowest BCUT2D eigenvalue weighted by Gasteiger charge is -2.08. The normalized spacial score (nSPS) is 11.1. The van der Waals surface area contributed by atoms with Gasteiger partial charge in [0.15, 0.2) is 6.29 Å². The van der Waals surface area contributed by atoms with Gasteiger partial charge in [0, 0.05) is 0 Å². The molecule has 0 aliphatic heterocycles. The number of sulfone groups is 1. The van der Waals surface area contributed by atoms with Gasteiger partial charge >= 0.3 is 0 Å². The Morgan fingerprint density at radius 1 is 1.10 bits per heavy atom. The monoisotopic (exact) mass is 294 g/mol. The highest BCUT2D eigenvalue weighted by Crippen LogP contribution is 2.26. The molecule has 2 rings (SSSR count). The topological polar surface area (TPSA) is 60.4 Å². The van der Waals surface area contributed by atoms with Crippen LogP contribution in [0.5, 0.6) is 5.75 Å². The SMILES string of the molecule is COc1ccc(S(=O)(=O)c2cccc(F)c2C=O)cc1. The number of benzene rings is 2. The quantitative estimate of drug-likeness (QED) is 0.813. The number of hydrogen-bond acceptors (Lipinski definition) is 4. The molecular weight excluding hydrogens is 283 g/mol. The Hall–Kier alpha value is -2.21. The Labute approximate surface area is 115 Å². The van der Waals surface area contributed by atoms with Crippen molar-refractivity contribution in [3.05, 3.63) is 53.8 Å². The summed E-state index contributed by atoms with van der Waals surface area (Å²) >= 11 is 0. The molecule has 2 aromatic rings. The van der Waals surface area contributed by atoms with Crippen LogP contribution in [-0.4, -0.2) is 21.8 Å². The van der Waals surface area contributed by atoms with Gasteiger partial charge in [-0.1, -0.05) is 6.07 Å². The van der Waals surface area contributed by atoms with Crippen LogP contribution in [0.4, 0.5) is 4.39 Å². The van der Waals surface area contributed by atoms with E-state index in [-0.39, 0.29) is 16.1 Å². The lowest BCUT2D eigenvalue weighted by Crippen LogP contribution is -2.07. The third kappa shape index (κ3) is 2.42. The molecule has 104 valence electrons. The number of ether oxygens (including phenoxy) is 1. The molecule has 0 N–H and O–H groups in total. The molecule has 0 spiro atoms. The lowest BCUT2D eigenvalue weighted by atomic mass is 10.2. The van der Waals surface area contributed by atoms with Crippen LogP contribution >= 0.6 is 0 Å². The van der Waals surface area contributed by atoms with E-state index in [1.54, 1.807) is 0 Å². The van der Waals surface area contributed by atoms with Crippen molar-refractivity contribution in [3.8, 4) is 5.75 Å². The summed E-state index contributed by atoms with van der Waals surface area (Å²) in [6.07, 6.45) is 0.200. The lowest BCUT2D eigenvalue weighted by molar-refractivity contribution is 0.111. The van der Waals surface area contributed by atoms with E-state index in [2.05, 4.69) is 0 Å². The molecule has 20 heavy (non-hydrogen) atoms. The molecule has 0 aliphatic carbocycles. The first-order valence-corrected chi connectivity index (χ1v) is 7.12. The minimum Gasteiger partial charge on any atom is -0.497 e. The highest BCUT2D eigenvalue weighted by Gasteiger charge is 2.23. The van der Waals surface area contributed by atoms with Gasteiger partial charge in [0.2, 0.25) is 9.84 Å². The van der Waals surface area contributed by atoms with E-state index < -0.39 is 21.2 Å². The predicted molar refractivity (Wildman–Crippen MR) is 70.2 cm³/mol. The summed E-state index contributed by atoms with van der Waals surface area (Å²) in [6.45, 7) is 0. The maximum atomic E-state index is 13.5. The van der Waals surface area contributed by atoms with Crippen LogP contribution in [0.2, 0.25) is 0 Å². The molecule has 0 unspecified atom stereocenters. The van der Waals surface area contributed by atoms with Crippen molar-refractivity contribution in [2.24, 2.45) is 0 Å². The van der Waals surface area contributed by atoms with Gasteiger partial charge in [-0.3, -0.25) is 4.79 Å². The zero-order chi connectivity index (χ0) is 14.8. The molecule has 0 saturated carbocycles. The van der Waals surface area contributed by atoms with Crippen molar-refractivity contribution < 1.29 is 22.3 Å². The third-order valence-corrected chi connectivity index (χ3v) is 4.62. The van der Waals surface area contributed by atoms with Crippen molar-refractivity contribution in [2.75, 3.05) is 7.11 Å². The van der Waals surface area contributed by atoms with Gasteiger partial charge in [0.25, 0.3) is 0 Å². The number of methoxy groups -OCH3 is 1. The molecule has 0 saturated heterocycles. The molecule has 2 aromatic carbocycles. The van der Waals surface area contributed by atoms with E-state index in [9.17, 15) is 17.6 Å². The minimum absolute atomic E-state index is 0.0352. The van der Waals surface area contributed by atoms with Crippen LogP contribution in [0.15, 0.2) is 52.3 Å². The summed E-state index contributed by atoms with van der Waals surface area (Å²) in [6, 6.07) is 9.13. The standard InChI is InChI=1S/C14H11FO4S/c1-19-10-5-7-11(8-6-10)20(17,18)14-4-2-3-13(15)12(14)9-16/h2-9H,1H3. The van der Waals surface area contributed by atoms with E-state index in [4.69, 9.17) is 4.74 Å². The zero-order valence-corrected chi connectivity index (χ0v) is 11.4. The van der Waals surface area contributed by atoms with Crippen molar-refractivity contribution in [1.29, 1.82) is 0 Å². The number of rotatable bonds is 4. The fourth-order valence-electron chi connectivity index (χ4n) is 1.75. The molecule has 0 aromatic heterocycles. The molecule has 0 fully saturated rings. The molecule has 6 heteroatoms. The minimum atomic E-state index is -3.96. The highest BCUT2D eigenvalue weighted by molar-refractivity contribution is 7.91. The van der Waals surface area contributed by atoms with Gasteiger partial charge in [0.05, 0.1) is 22.5 Å². The van der Waals surface area contributed by atoms with Gasteiger partial charge in [-0.25, -0.2) is 12.8 Å². The average Bonchev–Trinajstić information content (AvgIpc) is 2.47. The van der Waals surface area contributed by atoms with E-state index in [1.807, 2.05) is 0 Å². The fraction of sp³-hybridized carbons (Fsp3) is 0.0714. The number of halogens is 1. The number of carbonyl (C=O) groups excluding carboxylic acids is 1. The third-order valence-electron chi connectivity index (χ3n) is 2.79. The Morgan fingerprint density at radius 2 is 1.75 bits per heavy atom. The summed E-state index contributed by atoms with van der Waals surface area (Å²) in [5.74, 6) is -0.367. The van der Waals surface area contributed by atoms with E-state index in [1.165, 1.54) is 43.5 Å². The summed E-state index contributed by atoms with van der Waals surface area (Å²) < 4.78 is 43.2. The van der Waals surface area contributed by atoms with Gasteiger partial charge in [-0.15, -0.1) is 0 Å². The van der Waals surface area contributed by atoms with Gasteiger partial charge in [0.1, 0.15) is 11.6 Å². The van der Waals surface area contributed by atoms with E-state index in [0.717, 1.165) is 6.07 Å².